The second-order valence-electron chi connectivity index (χ2n) is 3.81. The summed E-state index contributed by atoms with van der Waals surface area (Å²) < 4.78 is 5.39. The van der Waals surface area contributed by atoms with Crippen molar-refractivity contribution in [2.75, 3.05) is 5.43 Å². The molecule has 0 unspecified atom stereocenters. The van der Waals surface area contributed by atoms with Crippen LogP contribution in [0.3, 0.4) is 0 Å². The molecule has 0 bridgehead atoms. The SMILES string of the molecule is CCc1cnc(CNC(=O)c2cccc(NN)n2)o1. The van der Waals surface area contributed by atoms with Crippen molar-refractivity contribution in [3.05, 3.63) is 41.7 Å². The van der Waals surface area contributed by atoms with Gasteiger partial charge in [-0.3, -0.25) is 4.79 Å². The van der Waals surface area contributed by atoms with Crippen LogP contribution in [-0.2, 0) is 13.0 Å². The molecule has 4 N–H and O–H groups in total. The van der Waals surface area contributed by atoms with Gasteiger partial charge in [0, 0.05) is 6.42 Å². The lowest BCUT2D eigenvalue weighted by Crippen LogP contribution is -2.24. The van der Waals surface area contributed by atoms with Crippen LogP contribution < -0.4 is 16.6 Å². The maximum Gasteiger partial charge on any atom is 0.270 e. The van der Waals surface area contributed by atoms with Crippen LogP contribution in [0.15, 0.2) is 28.8 Å². The van der Waals surface area contributed by atoms with Gasteiger partial charge in [-0.25, -0.2) is 15.8 Å². The first kappa shape index (κ1) is 13.0. The number of hydrazine groups is 1. The fraction of sp³-hybridized carbons (Fsp3) is 0.250. The molecule has 0 aromatic carbocycles. The van der Waals surface area contributed by atoms with E-state index in [0.717, 1.165) is 12.2 Å². The van der Waals surface area contributed by atoms with Gasteiger partial charge in [0.2, 0.25) is 5.89 Å². The van der Waals surface area contributed by atoms with Crippen LogP contribution in [0.2, 0.25) is 0 Å². The Morgan fingerprint density at radius 2 is 2.32 bits per heavy atom. The molecule has 0 aliphatic heterocycles. The first-order valence-corrected chi connectivity index (χ1v) is 5.88. The number of nitrogen functional groups attached to an aromatic ring is 1. The summed E-state index contributed by atoms with van der Waals surface area (Å²) in [5, 5.41) is 2.68. The van der Waals surface area contributed by atoms with Crippen molar-refractivity contribution in [3.63, 3.8) is 0 Å². The number of pyridine rings is 1. The molecule has 0 fully saturated rings. The number of hydrogen-bond donors (Lipinski definition) is 3. The fourth-order valence-corrected chi connectivity index (χ4v) is 1.48. The second kappa shape index (κ2) is 5.96. The minimum Gasteiger partial charge on any atom is -0.444 e. The third-order valence-electron chi connectivity index (χ3n) is 2.48. The highest BCUT2D eigenvalue weighted by Crippen LogP contribution is 2.05. The summed E-state index contributed by atoms with van der Waals surface area (Å²) >= 11 is 0. The van der Waals surface area contributed by atoms with Gasteiger partial charge in [-0.15, -0.1) is 0 Å². The van der Waals surface area contributed by atoms with Gasteiger partial charge in [0.15, 0.2) is 0 Å². The van der Waals surface area contributed by atoms with E-state index < -0.39 is 0 Å². The molecule has 19 heavy (non-hydrogen) atoms. The zero-order valence-electron chi connectivity index (χ0n) is 10.5. The third kappa shape index (κ3) is 3.29. The van der Waals surface area contributed by atoms with E-state index in [2.05, 4.69) is 20.7 Å². The largest absolute Gasteiger partial charge is 0.444 e. The predicted octanol–water partition coefficient (Wildman–Crippen LogP) is 0.848. The van der Waals surface area contributed by atoms with E-state index in [-0.39, 0.29) is 18.1 Å². The first-order valence-electron chi connectivity index (χ1n) is 5.88. The zero-order chi connectivity index (χ0) is 13.7. The van der Waals surface area contributed by atoms with Gasteiger partial charge in [0.25, 0.3) is 5.91 Å². The van der Waals surface area contributed by atoms with Crippen LogP contribution in [0.1, 0.15) is 29.1 Å². The molecule has 2 rings (SSSR count). The number of carbonyl (C=O) groups excluding carboxylic acids is 1. The van der Waals surface area contributed by atoms with Gasteiger partial charge < -0.3 is 15.2 Å². The van der Waals surface area contributed by atoms with Gasteiger partial charge in [-0.2, -0.15) is 0 Å². The lowest BCUT2D eigenvalue weighted by Gasteiger charge is -2.04. The van der Waals surface area contributed by atoms with E-state index >= 15 is 0 Å². The molecule has 7 nitrogen and oxygen atoms in total. The number of aryl methyl sites for hydroxylation is 1. The molecule has 0 saturated carbocycles. The van der Waals surface area contributed by atoms with Gasteiger partial charge in [0.1, 0.15) is 17.3 Å². The van der Waals surface area contributed by atoms with Crippen LogP contribution in [0.5, 0.6) is 0 Å². The molecule has 0 aliphatic rings. The average molecular weight is 261 g/mol. The van der Waals surface area contributed by atoms with Gasteiger partial charge in [-0.1, -0.05) is 13.0 Å². The summed E-state index contributed by atoms with van der Waals surface area (Å²) in [5.74, 6) is 6.61. The molecular weight excluding hydrogens is 246 g/mol. The van der Waals surface area contributed by atoms with Crippen LogP contribution in [0, 0.1) is 0 Å². The quantitative estimate of drug-likeness (QED) is 0.544. The van der Waals surface area contributed by atoms with E-state index in [1.165, 1.54) is 0 Å². The van der Waals surface area contributed by atoms with Crippen molar-refractivity contribution in [3.8, 4) is 0 Å². The molecule has 0 aliphatic carbocycles. The Morgan fingerprint density at radius 1 is 1.47 bits per heavy atom. The van der Waals surface area contributed by atoms with Crippen molar-refractivity contribution in [1.29, 1.82) is 0 Å². The molecule has 2 aromatic rings. The van der Waals surface area contributed by atoms with Crippen LogP contribution >= 0.6 is 0 Å². The molecule has 2 aromatic heterocycles. The molecule has 0 spiro atoms. The molecule has 0 saturated heterocycles. The predicted molar refractivity (Wildman–Crippen MR) is 69.1 cm³/mol. The molecule has 0 atom stereocenters. The van der Waals surface area contributed by atoms with E-state index in [1.807, 2.05) is 6.92 Å². The number of nitrogens with two attached hydrogens (primary N) is 1. The van der Waals surface area contributed by atoms with Crippen molar-refractivity contribution in [1.82, 2.24) is 15.3 Å². The number of anilines is 1. The Bertz CT molecular complexity index is 567. The normalized spacial score (nSPS) is 10.2. The highest BCUT2D eigenvalue weighted by Gasteiger charge is 2.09. The Kier molecular flexibility index (Phi) is 4.09. The maximum absolute atomic E-state index is 11.9. The number of hydrogen-bond acceptors (Lipinski definition) is 6. The maximum atomic E-state index is 11.9. The van der Waals surface area contributed by atoms with Gasteiger partial charge in [-0.05, 0) is 12.1 Å². The summed E-state index contributed by atoms with van der Waals surface area (Å²) in [6.45, 7) is 2.19. The molecule has 0 radical (unpaired) electrons. The second-order valence-corrected chi connectivity index (χ2v) is 3.81. The smallest absolute Gasteiger partial charge is 0.270 e. The summed E-state index contributed by atoms with van der Waals surface area (Å²) in [6, 6.07) is 4.96. The molecular formula is C12H15N5O2. The number of carbonyl (C=O) groups is 1. The Morgan fingerprint density at radius 3 is 3.00 bits per heavy atom. The summed E-state index contributed by atoms with van der Waals surface area (Å²) in [6.07, 6.45) is 2.42. The number of oxazole rings is 1. The Hall–Kier alpha value is -2.41. The molecule has 1 amide bonds. The average Bonchev–Trinajstić information content (AvgIpc) is 2.93. The molecule has 100 valence electrons. The van der Waals surface area contributed by atoms with Crippen molar-refractivity contribution < 1.29 is 9.21 Å². The van der Waals surface area contributed by atoms with Crippen LogP contribution in [-0.4, -0.2) is 15.9 Å². The molecule has 7 heteroatoms. The fourth-order valence-electron chi connectivity index (χ4n) is 1.48. The summed E-state index contributed by atoms with van der Waals surface area (Å²) in [4.78, 5) is 19.9. The first-order chi connectivity index (χ1) is 9.22. The topological polar surface area (TPSA) is 106 Å². The number of nitrogens with zero attached hydrogens (tertiary/aromatic N) is 2. The number of nitrogens with one attached hydrogen (secondary N) is 2. The van der Waals surface area contributed by atoms with Crippen molar-refractivity contribution in [2.45, 2.75) is 19.9 Å². The number of amides is 1. The van der Waals surface area contributed by atoms with E-state index in [1.54, 1.807) is 24.4 Å². The van der Waals surface area contributed by atoms with Crippen molar-refractivity contribution in [2.24, 2.45) is 5.84 Å². The summed E-state index contributed by atoms with van der Waals surface area (Å²) in [7, 11) is 0. The third-order valence-corrected chi connectivity index (χ3v) is 2.48. The highest BCUT2D eigenvalue weighted by molar-refractivity contribution is 5.92. The highest BCUT2D eigenvalue weighted by atomic mass is 16.4. The monoisotopic (exact) mass is 261 g/mol. The van der Waals surface area contributed by atoms with E-state index in [9.17, 15) is 4.79 Å². The lowest BCUT2D eigenvalue weighted by molar-refractivity contribution is 0.0942. The lowest BCUT2D eigenvalue weighted by atomic mass is 10.3. The Balaban J connectivity index is 1.96. The summed E-state index contributed by atoms with van der Waals surface area (Å²) in [5.41, 5.74) is 2.66. The van der Waals surface area contributed by atoms with E-state index in [0.29, 0.717) is 11.7 Å². The van der Waals surface area contributed by atoms with Gasteiger partial charge in [0.05, 0.1) is 12.7 Å². The number of aromatic nitrogens is 2. The van der Waals surface area contributed by atoms with E-state index in [4.69, 9.17) is 10.3 Å². The zero-order valence-corrected chi connectivity index (χ0v) is 10.5. The number of rotatable bonds is 5. The van der Waals surface area contributed by atoms with Crippen molar-refractivity contribution >= 4 is 11.7 Å². The minimum absolute atomic E-state index is 0.223. The van der Waals surface area contributed by atoms with Crippen LogP contribution in [0.25, 0.3) is 0 Å². The van der Waals surface area contributed by atoms with Gasteiger partial charge >= 0.3 is 0 Å². The van der Waals surface area contributed by atoms with Crippen LogP contribution in [0.4, 0.5) is 5.82 Å². The Labute approximate surface area is 110 Å². The standard InChI is InChI=1S/C12H15N5O2/c1-2-8-6-14-11(19-8)7-15-12(18)9-4-3-5-10(16-9)17-13/h3-6H,2,7,13H2,1H3,(H,15,18)(H,16,17). The minimum atomic E-state index is -0.312. The molecule has 2 heterocycles.